The number of nitrogens with one attached hydrogen (secondary N) is 1. The molecule has 3 rings (SSSR count). The molecular formula is C22H28N2O4S. The second-order valence-electron chi connectivity index (χ2n) is 8.06. The van der Waals surface area contributed by atoms with E-state index in [1.807, 2.05) is 19.1 Å². The number of aryl methyl sites for hydroxylation is 3. The highest BCUT2D eigenvalue weighted by atomic mass is 32.2. The van der Waals surface area contributed by atoms with Crippen LogP contribution in [0.5, 0.6) is 0 Å². The highest BCUT2D eigenvalue weighted by Crippen LogP contribution is 2.33. The van der Waals surface area contributed by atoms with Crippen molar-refractivity contribution < 1.29 is 18.3 Å². The molecule has 0 amide bonds. The molecule has 0 radical (unpaired) electrons. The van der Waals surface area contributed by atoms with Crippen LogP contribution in [0.25, 0.3) is 0 Å². The van der Waals surface area contributed by atoms with Crippen LogP contribution in [0.15, 0.2) is 35.2 Å². The summed E-state index contributed by atoms with van der Waals surface area (Å²) in [4.78, 5) is 13.9. The summed E-state index contributed by atoms with van der Waals surface area (Å²) in [5.41, 5.74) is 3.39. The number of hydrogen-bond acceptors (Lipinski definition) is 4. The van der Waals surface area contributed by atoms with Gasteiger partial charge in [0.25, 0.3) is 10.0 Å². The highest BCUT2D eigenvalue weighted by Gasteiger charge is 2.25. The first-order valence-electron chi connectivity index (χ1n) is 9.81. The molecule has 0 bridgehead atoms. The van der Waals surface area contributed by atoms with Crippen LogP contribution in [0.4, 0.5) is 11.4 Å². The van der Waals surface area contributed by atoms with Gasteiger partial charge in [0.05, 0.1) is 21.8 Å². The summed E-state index contributed by atoms with van der Waals surface area (Å²) in [7, 11) is -3.88. The minimum Gasteiger partial charge on any atom is -0.478 e. The molecule has 1 saturated heterocycles. The Kier molecular flexibility index (Phi) is 5.89. The third kappa shape index (κ3) is 4.56. The largest absolute Gasteiger partial charge is 0.478 e. The van der Waals surface area contributed by atoms with Crippen LogP contribution in [0.3, 0.4) is 0 Å². The summed E-state index contributed by atoms with van der Waals surface area (Å²) >= 11 is 0. The third-order valence-electron chi connectivity index (χ3n) is 5.36. The first kappa shape index (κ1) is 21.2. The van der Waals surface area contributed by atoms with Gasteiger partial charge in [-0.2, -0.15) is 0 Å². The number of carboxylic acid groups (broad SMARTS) is 1. The molecule has 29 heavy (non-hydrogen) atoms. The third-order valence-corrected chi connectivity index (χ3v) is 7.03. The second kappa shape index (κ2) is 8.06. The predicted molar refractivity (Wildman–Crippen MR) is 115 cm³/mol. The number of rotatable bonds is 5. The van der Waals surface area contributed by atoms with Crippen LogP contribution in [-0.4, -0.2) is 32.6 Å². The number of carbonyl (C=O) groups is 1. The van der Waals surface area contributed by atoms with Gasteiger partial charge < -0.3 is 10.0 Å². The van der Waals surface area contributed by atoms with E-state index in [-0.39, 0.29) is 10.5 Å². The van der Waals surface area contributed by atoms with E-state index in [0.29, 0.717) is 28.4 Å². The first-order chi connectivity index (χ1) is 13.6. The van der Waals surface area contributed by atoms with Crippen molar-refractivity contribution in [1.29, 1.82) is 0 Å². The molecule has 0 aliphatic carbocycles. The van der Waals surface area contributed by atoms with E-state index in [4.69, 9.17) is 0 Å². The molecule has 1 heterocycles. The topological polar surface area (TPSA) is 86.7 Å². The Balaban J connectivity index is 2.07. The van der Waals surface area contributed by atoms with E-state index in [2.05, 4.69) is 16.5 Å². The minimum atomic E-state index is -3.88. The second-order valence-corrected chi connectivity index (χ2v) is 9.68. The molecule has 2 N–H and O–H groups in total. The Morgan fingerprint density at radius 3 is 2.38 bits per heavy atom. The van der Waals surface area contributed by atoms with Crippen LogP contribution in [0, 0.1) is 26.7 Å². The maximum atomic E-state index is 13.3. The number of piperidine rings is 1. The lowest BCUT2D eigenvalue weighted by atomic mass is 9.99. The Morgan fingerprint density at radius 1 is 1.14 bits per heavy atom. The molecule has 7 heteroatoms. The molecule has 0 saturated carbocycles. The van der Waals surface area contributed by atoms with E-state index in [1.165, 1.54) is 12.1 Å². The van der Waals surface area contributed by atoms with Crippen molar-refractivity contribution in [3.63, 3.8) is 0 Å². The van der Waals surface area contributed by atoms with E-state index in [0.717, 1.165) is 31.5 Å². The van der Waals surface area contributed by atoms with Gasteiger partial charge in [-0.25, -0.2) is 13.2 Å². The van der Waals surface area contributed by atoms with Gasteiger partial charge in [0.15, 0.2) is 0 Å². The number of anilines is 2. The van der Waals surface area contributed by atoms with Gasteiger partial charge in [-0.3, -0.25) is 4.72 Å². The van der Waals surface area contributed by atoms with Gasteiger partial charge >= 0.3 is 5.97 Å². The van der Waals surface area contributed by atoms with Gasteiger partial charge in [-0.1, -0.05) is 24.6 Å². The standard InChI is InChI=1S/C22H28N2O4S/c1-14-6-5-9-24(13-14)20-8-7-18(22(25)26)12-19(20)23-29(27,28)21-16(3)10-15(2)11-17(21)4/h7-8,10-12,14,23H,5-6,9,13H2,1-4H3,(H,25,26)/t14-/m1/s1. The SMILES string of the molecule is Cc1cc(C)c(S(=O)(=O)Nc2cc(C(=O)O)ccc2N2CCC[C@@H](C)C2)c(C)c1. The van der Waals surface area contributed by atoms with E-state index >= 15 is 0 Å². The quantitative estimate of drug-likeness (QED) is 0.757. The fourth-order valence-corrected chi connectivity index (χ4v) is 5.74. The molecule has 0 spiro atoms. The maximum absolute atomic E-state index is 13.3. The van der Waals surface area contributed by atoms with Crippen LogP contribution in [0.2, 0.25) is 0 Å². The van der Waals surface area contributed by atoms with Gasteiger partial charge in [0.2, 0.25) is 0 Å². The van der Waals surface area contributed by atoms with Crippen molar-refractivity contribution in [3.8, 4) is 0 Å². The normalized spacial score (nSPS) is 17.2. The molecule has 2 aromatic rings. The number of aromatic carboxylic acids is 1. The summed E-state index contributed by atoms with van der Waals surface area (Å²) in [5.74, 6) is -0.597. The minimum absolute atomic E-state index is 0.0499. The summed E-state index contributed by atoms with van der Waals surface area (Å²) in [5, 5.41) is 9.40. The zero-order valence-corrected chi connectivity index (χ0v) is 18.1. The summed E-state index contributed by atoms with van der Waals surface area (Å²) in [6.07, 6.45) is 2.15. The van der Waals surface area contributed by atoms with E-state index in [9.17, 15) is 18.3 Å². The number of nitrogens with zero attached hydrogens (tertiary/aromatic N) is 1. The zero-order valence-electron chi connectivity index (χ0n) is 17.3. The lowest BCUT2D eigenvalue weighted by Gasteiger charge is -2.34. The van der Waals surface area contributed by atoms with Crippen molar-refractivity contribution in [2.75, 3.05) is 22.7 Å². The molecule has 1 aliphatic rings. The molecule has 1 atom stereocenters. The molecule has 0 aromatic heterocycles. The van der Waals surface area contributed by atoms with Crippen molar-refractivity contribution in [2.45, 2.75) is 45.4 Å². The molecule has 2 aromatic carbocycles. The van der Waals surface area contributed by atoms with Gasteiger partial charge in [-0.15, -0.1) is 0 Å². The molecule has 0 unspecified atom stereocenters. The molecular weight excluding hydrogens is 388 g/mol. The van der Waals surface area contributed by atoms with E-state index < -0.39 is 16.0 Å². The van der Waals surface area contributed by atoms with Crippen molar-refractivity contribution in [1.82, 2.24) is 0 Å². The maximum Gasteiger partial charge on any atom is 0.335 e. The highest BCUT2D eigenvalue weighted by molar-refractivity contribution is 7.92. The lowest BCUT2D eigenvalue weighted by Crippen LogP contribution is -2.35. The number of hydrogen-bond donors (Lipinski definition) is 2. The van der Waals surface area contributed by atoms with Crippen LogP contribution in [-0.2, 0) is 10.0 Å². The molecule has 6 nitrogen and oxygen atoms in total. The number of sulfonamides is 1. The molecule has 1 aliphatic heterocycles. The van der Waals surface area contributed by atoms with Crippen molar-refractivity contribution >= 4 is 27.4 Å². The van der Waals surface area contributed by atoms with Crippen molar-refractivity contribution in [2.24, 2.45) is 5.92 Å². The molecule has 156 valence electrons. The summed E-state index contributed by atoms with van der Waals surface area (Å²) in [6, 6.07) is 8.31. The van der Waals surface area contributed by atoms with Gasteiger partial charge in [0.1, 0.15) is 0 Å². The Hall–Kier alpha value is -2.54. The fourth-order valence-electron chi connectivity index (χ4n) is 4.22. The van der Waals surface area contributed by atoms with Crippen LogP contribution >= 0.6 is 0 Å². The summed E-state index contributed by atoms with van der Waals surface area (Å²) in [6.45, 7) is 9.26. The first-order valence-corrected chi connectivity index (χ1v) is 11.3. The van der Waals surface area contributed by atoms with Crippen molar-refractivity contribution in [3.05, 3.63) is 52.6 Å². The van der Waals surface area contributed by atoms with Gasteiger partial charge in [0, 0.05) is 13.1 Å². The predicted octanol–water partition coefficient (Wildman–Crippen LogP) is 4.35. The number of carboxylic acids is 1. The molecule has 1 fully saturated rings. The monoisotopic (exact) mass is 416 g/mol. The van der Waals surface area contributed by atoms with Gasteiger partial charge in [-0.05, 0) is 68.9 Å². The Morgan fingerprint density at radius 2 is 1.79 bits per heavy atom. The Labute approximate surface area is 172 Å². The average molecular weight is 417 g/mol. The fraction of sp³-hybridized carbons (Fsp3) is 0.409. The Bertz CT molecular complexity index is 1020. The zero-order chi connectivity index (χ0) is 21.3. The smallest absolute Gasteiger partial charge is 0.335 e. The van der Waals surface area contributed by atoms with Crippen LogP contribution < -0.4 is 9.62 Å². The summed E-state index contributed by atoms with van der Waals surface area (Å²) < 4.78 is 29.2. The average Bonchev–Trinajstić information content (AvgIpc) is 2.60. The van der Waals surface area contributed by atoms with Crippen LogP contribution in [0.1, 0.15) is 46.8 Å². The lowest BCUT2D eigenvalue weighted by molar-refractivity contribution is 0.0697. The number of benzene rings is 2. The van der Waals surface area contributed by atoms with E-state index in [1.54, 1.807) is 19.9 Å².